The fourth-order valence-corrected chi connectivity index (χ4v) is 2.45. The largest absolute Gasteiger partial charge is 0.467 e. The molecule has 3 aromatic rings. The van der Waals surface area contributed by atoms with E-state index in [9.17, 15) is 0 Å². The quantitative estimate of drug-likeness (QED) is 0.701. The van der Waals surface area contributed by atoms with E-state index in [2.05, 4.69) is 22.4 Å². The average Bonchev–Trinajstić information content (AvgIpc) is 3.01. The molecule has 0 aliphatic rings. The minimum Gasteiger partial charge on any atom is -0.467 e. The maximum absolute atomic E-state index is 5.91. The Morgan fingerprint density at radius 2 is 1.86 bits per heavy atom. The number of aryl methyl sites for hydroxylation is 1. The summed E-state index contributed by atoms with van der Waals surface area (Å²) < 4.78 is 5.58. The van der Waals surface area contributed by atoms with Gasteiger partial charge in [0.05, 0.1) is 17.6 Å². The van der Waals surface area contributed by atoms with Gasteiger partial charge in [0.25, 0.3) is 0 Å². The number of hydrogen-bond acceptors (Lipinski definition) is 3. The molecule has 0 fully saturated rings. The van der Waals surface area contributed by atoms with Gasteiger partial charge >= 0.3 is 0 Å². The van der Waals surface area contributed by atoms with Crippen LogP contribution in [0.15, 0.2) is 65.3 Å². The Labute approximate surface area is 128 Å². The standard InChI is InChI=1S/C17H15ClN2O/c1-12-14(9-10-16(18)19-12)20-17(15-8-5-11-21-15)13-6-3-2-4-7-13/h2-11,17,20H,1H3. The monoisotopic (exact) mass is 298 g/mol. The van der Waals surface area contributed by atoms with Crippen molar-refractivity contribution in [2.75, 3.05) is 5.32 Å². The molecule has 2 aromatic heterocycles. The summed E-state index contributed by atoms with van der Waals surface area (Å²) in [6.07, 6.45) is 1.68. The molecule has 1 N–H and O–H groups in total. The highest BCUT2D eigenvalue weighted by atomic mass is 35.5. The van der Waals surface area contributed by atoms with Crippen LogP contribution >= 0.6 is 11.6 Å². The second-order valence-corrected chi connectivity index (χ2v) is 5.16. The van der Waals surface area contributed by atoms with Crippen LogP contribution in [0.4, 0.5) is 5.69 Å². The number of furan rings is 1. The van der Waals surface area contributed by atoms with Crippen LogP contribution in [0, 0.1) is 6.92 Å². The van der Waals surface area contributed by atoms with Crippen molar-refractivity contribution in [1.82, 2.24) is 4.98 Å². The van der Waals surface area contributed by atoms with Crippen molar-refractivity contribution < 1.29 is 4.42 Å². The van der Waals surface area contributed by atoms with Gasteiger partial charge in [0.2, 0.25) is 0 Å². The Morgan fingerprint density at radius 1 is 1.05 bits per heavy atom. The van der Waals surface area contributed by atoms with Crippen LogP contribution in [0.3, 0.4) is 0 Å². The molecule has 4 heteroatoms. The molecule has 0 amide bonds. The highest BCUT2D eigenvalue weighted by Crippen LogP contribution is 2.28. The average molecular weight is 299 g/mol. The van der Waals surface area contributed by atoms with Crippen molar-refractivity contribution in [2.45, 2.75) is 13.0 Å². The van der Waals surface area contributed by atoms with Gasteiger partial charge in [0, 0.05) is 0 Å². The topological polar surface area (TPSA) is 38.1 Å². The van der Waals surface area contributed by atoms with Crippen LogP contribution in [0.25, 0.3) is 0 Å². The molecule has 3 rings (SSSR count). The van der Waals surface area contributed by atoms with E-state index in [1.54, 1.807) is 12.3 Å². The molecule has 1 aromatic carbocycles. The van der Waals surface area contributed by atoms with Crippen molar-refractivity contribution in [3.63, 3.8) is 0 Å². The van der Waals surface area contributed by atoms with E-state index in [4.69, 9.17) is 16.0 Å². The Balaban J connectivity index is 1.97. The third-order valence-electron chi connectivity index (χ3n) is 3.31. The summed E-state index contributed by atoms with van der Waals surface area (Å²) in [6, 6.07) is 17.7. The summed E-state index contributed by atoms with van der Waals surface area (Å²) in [5.74, 6) is 0.857. The molecule has 0 aliphatic heterocycles. The lowest BCUT2D eigenvalue weighted by molar-refractivity contribution is 0.499. The molecule has 1 atom stereocenters. The van der Waals surface area contributed by atoms with Crippen molar-refractivity contribution >= 4 is 17.3 Å². The molecule has 3 nitrogen and oxygen atoms in total. The lowest BCUT2D eigenvalue weighted by Gasteiger charge is -2.19. The minimum absolute atomic E-state index is 0.0668. The van der Waals surface area contributed by atoms with Crippen molar-refractivity contribution in [3.8, 4) is 0 Å². The van der Waals surface area contributed by atoms with Crippen LogP contribution in [-0.2, 0) is 0 Å². The van der Waals surface area contributed by atoms with Gasteiger partial charge in [-0.05, 0) is 36.8 Å². The summed E-state index contributed by atoms with van der Waals surface area (Å²) in [5.41, 5.74) is 2.92. The van der Waals surface area contributed by atoms with E-state index in [-0.39, 0.29) is 6.04 Å². The smallest absolute Gasteiger partial charge is 0.130 e. The Kier molecular flexibility index (Phi) is 3.93. The molecule has 106 valence electrons. The fraction of sp³-hybridized carbons (Fsp3) is 0.118. The summed E-state index contributed by atoms with van der Waals surface area (Å²) in [7, 11) is 0. The number of nitrogens with one attached hydrogen (secondary N) is 1. The highest BCUT2D eigenvalue weighted by Gasteiger charge is 2.17. The summed E-state index contributed by atoms with van der Waals surface area (Å²) >= 11 is 5.91. The summed E-state index contributed by atoms with van der Waals surface area (Å²) in [5, 5.41) is 3.97. The summed E-state index contributed by atoms with van der Waals surface area (Å²) in [4.78, 5) is 4.27. The SMILES string of the molecule is Cc1nc(Cl)ccc1NC(c1ccccc1)c1ccco1. The lowest BCUT2D eigenvalue weighted by Crippen LogP contribution is -2.12. The number of nitrogens with zero attached hydrogens (tertiary/aromatic N) is 1. The zero-order chi connectivity index (χ0) is 14.7. The van der Waals surface area contributed by atoms with E-state index < -0.39 is 0 Å². The van der Waals surface area contributed by atoms with Crippen molar-refractivity contribution in [3.05, 3.63) is 83.0 Å². The van der Waals surface area contributed by atoms with E-state index >= 15 is 0 Å². The molecule has 0 saturated heterocycles. The first kappa shape index (κ1) is 13.7. The Bertz CT molecular complexity index is 711. The Morgan fingerprint density at radius 3 is 2.52 bits per heavy atom. The van der Waals surface area contributed by atoms with Crippen molar-refractivity contribution in [1.29, 1.82) is 0 Å². The number of pyridine rings is 1. The van der Waals surface area contributed by atoms with Crippen LogP contribution in [-0.4, -0.2) is 4.98 Å². The first-order chi connectivity index (χ1) is 10.2. The van der Waals surface area contributed by atoms with Gasteiger partial charge in [0.15, 0.2) is 0 Å². The van der Waals surface area contributed by atoms with E-state index in [1.807, 2.05) is 43.3 Å². The number of halogens is 1. The Hall–Kier alpha value is -2.26. The van der Waals surface area contributed by atoms with Gasteiger partial charge in [0.1, 0.15) is 17.0 Å². The third kappa shape index (κ3) is 3.09. The maximum atomic E-state index is 5.91. The number of hydrogen-bond donors (Lipinski definition) is 1. The molecule has 21 heavy (non-hydrogen) atoms. The predicted molar refractivity (Wildman–Crippen MR) is 84.6 cm³/mol. The molecule has 0 aliphatic carbocycles. The van der Waals surface area contributed by atoms with Crippen LogP contribution in [0.1, 0.15) is 23.1 Å². The van der Waals surface area contributed by atoms with Crippen molar-refractivity contribution in [2.24, 2.45) is 0 Å². The van der Waals surface area contributed by atoms with Gasteiger partial charge in [-0.25, -0.2) is 4.98 Å². The van der Waals surface area contributed by atoms with Gasteiger partial charge in [-0.2, -0.15) is 0 Å². The van der Waals surface area contributed by atoms with Crippen LogP contribution in [0.2, 0.25) is 5.15 Å². The first-order valence-electron chi connectivity index (χ1n) is 6.72. The van der Waals surface area contributed by atoms with E-state index in [0.29, 0.717) is 5.15 Å². The molecule has 2 heterocycles. The van der Waals surface area contributed by atoms with E-state index in [1.165, 1.54) is 0 Å². The van der Waals surface area contributed by atoms with Gasteiger partial charge in [-0.1, -0.05) is 41.9 Å². The zero-order valence-corrected chi connectivity index (χ0v) is 12.3. The first-order valence-corrected chi connectivity index (χ1v) is 7.10. The number of anilines is 1. The predicted octanol–water partition coefficient (Wildman–Crippen LogP) is 4.84. The minimum atomic E-state index is -0.0668. The summed E-state index contributed by atoms with van der Waals surface area (Å²) in [6.45, 7) is 1.93. The number of aromatic nitrogens is 1. The fourth-order valence-electron chi connectivity index (χ4n) is 2.26. The second-order valence-electron chi connectivity index (χ2n) is 4.77. The molecular weight excluding hydrogens is 284 g/mol. The molecule has 0 bridgehead atoms. The third-order valence-corrected chi connectivity index (χ3v) is 3.52. The lowest BCUT2D eigenvalue weighted by atomic mass is 10.0. The number of rotatable bonds is 4. The maximum Gasteiger partial charge on any atom is 0.130 e. The second kappa shape index (κ2) is 6.02. The highest BCUT2D eigenvalue weighted by molar-refractivity contribution is 6.29. The van der Waals surface area contributed by atoms with E-state index in [0.717, 1.165) is 22.7 Å². The van der Waals surface area contributed by atoms with Gasteiger partial charge in [-0.15, -0.1) is 0 Å². The molecule has 0 spiro atoms. The number of benzene rings is 1. The normalized spacial score (nSPS) is 12.1. The molecular formula is C17H15ClN2O. The molecule has 0 radical (unpaired) electrons. The van der Waals surface area contributed by atoms with Gasteiger partial charge < -0.3 is 9.73 Å². The molecule has 1 unspecified atom stereocenters. The van der Waals surface area contributed by atoms with Crippen LogP contribution < -0.4 is 5.32 Å². The van der Waals surface area contributed by atoms with Gasteiger partial charge in [-0.3, -0.25) is 0 Å². The zero-order valence-electron chi connectivity index (χ0n) is 11.6. The van der Waals surface area contributed by atoms with Crippen LogP contribution in [0.5, 0.6) is 0 Å². The molecule has 0 saturated carbocycles.